The maximum absolute atomic E-state index is 9.26. The van der Waals surface area contributed by atoms with Crippen LogP contribution in [0.3, 0.4) is 0 Å². The van der Waals surface area contributed by atoms with Gasteiger partial charge in [0.2, 0.25) is 5.89 Å². The van der Waals surface area contributed by atoms with E-state index in [0.29, 0.717) is 24.1 Å². The third-order valence-corrected chi connectivity index (χ3v) is 3.69. The van der Waals surface area contributed by atoms with Crippen LogP contribution in [0.4, 0.5) is 0 Å². The van der Waals surface area contributed by atoms with Gasteiger partial charge in [-0.2, -0.15) is 4.98 Å². The average Bonchev–Trinajstić information content (AvgIpc) is 3.13. The summed E-state index contributed by atoms with van der Waals surface area (Å²) in [5, 5.41) is 13.3. The Kier molecular flexibility index (Phi) is 4.17. The first-order valence-corrected chi connectivity index (χ1v) is 7.14. The lowest BCUT2D eigenvalue weighted by Crippen LogP contribution is -2.14. The molecule has 0 spiro atoms. The summed E-state index contributed by atoms with van der Waals surface area (Å²) in [6, 6.07) is 6.61. The van der Waals surface area contributed by atoms with Gasteiger partial charge in [0.1, 0.15) is 5.75 Å². The van der Waals surface area contributed by atoms with Crippen LogP contribution in [0, 0.1) is 5.92 Å². The van der Waals surface area contributed by atoms with E-state index in [1.165, 1.54) is 0 Å². The van der Waals surface area contributed by atoms with Gasteiger partial charge >= 0.3 is 0 Å². The van der Waals surface area contributed by atoms with Crippen molar-refractivity contribution in [3.63, 3.8) is 0 Å². The van der Waals surface area contributed by atoms with E-state index in [0.717, 1.165) is 31.6 Å². The number of nitrogens with zero attached hydrogens (tertiary/aromatic N) is 2. The fourth-order valence-corrected chi connectivity index (χ4v) is 2.48. The molecule has 6 heteroatoms. The van der Waals surface area contributed by atoms with Gasteiger partial charge < -0.3 is 20.1 Å². The van der Waals surface area contributed by atoms with Crippen molar-refractivity contribution in [2.75, 3.05) is 13.2 Å². The van der Waals surface area contributed by atoms with Crippen LogP contribution in [0.15, 0.2) is 28.8 Å². The molecule has 2 heterocycles. The first kappa shape index (κ1) is 14.0. The molecular formula is C15H19N3O3. The van der Waals surface area contributed by atoms with Crippen LogP contribution < -0.4 is 5.73 Å². The van der Waals surface area contributed by atoms with E-state index in [1.807, 2.05) is 12.1 Å². The molecule has 2 atom stereocenters. The minimum Gasteiger partial charge on any atom is -0.508 e. The normalized spacial score (nSPS) is 19.8. The molecule has 0 radical (unpaired) electrons. The molecule has 1 unspecified atom stereocenters. The van der Waals surface area contributed by atoms with Gasteiger partial charge in [-0.05, 0) is 36.5 Å². The summed E-state index contributed by atoms with van der Waals surface area (Å²) in [4.78, 5) is 4.38. The predicted octanol–water partition coefficient (Wildman–Crippen LogP) is 1.60. The van der Waals surface area contributed by atoms with Crippen molar-refractivity contribution >= 4 is 0 Å². The van der Waals surface area contributed by atoms with Crippen molar-refractivity contribution < 1.29 is 14.4 Å². The van der Waals surface area contributed by atoms with Crippen LogP contribution in [0.1, 0.15) is 29.7 Å². The van der Waals surface area contributed by atoms with Crippen LogP contribution >= 0.6 is 0 Å². The molecule has 3 rings (SSSR count). The van der Waals surface area contributed by atoms with Gasteiger partial charge in [0.25, 0.3) is 0 Å². The second-order valence-electron chi connectivity index (χ2n) is 5.46. The lowest BCUT2D eigenvalue weighted by atomic mass is 10.0. The second-order valence-corrected chi connectivity index (χ2v) is 5.46. The van der Waals surface area contributed by atoms with Crippen molar-refractivity contribution in [3.8, 4) is 5.75 Å². The third kappa shape index (κ3) is 3.59. The number of hydrogen-bond donors (Lipinski definition) is 2. The Bertz CT molecular complexity index is 576. The number of rotatable bonds is 5. The highest BCUT2D eigenvalue weighted by Crippen LogP contribution is 2.20. The summed E-state index contributed by atoms with van der Waals surface area (Å²) < 4.78 is 10.6. The number of phenols is 1. The SMILES string of the molecule is N[C@H](Cc1ccc(O)cc1)c1nc(CC2CCOC2)no1. The molecule has 1 aromatic heterocycles. The summed E-state index contributed by atoms with van der Waals surface area (Å²) in [7, 11) is 0. The quantitative estimate of drug-likeness (QED) is 0.868. The van der Waals surface area contributed by atoms with Crippen molar-refractivity contribution in [1.29, 1.82) is 0 Å². The summed E-state index contributed by atoms with van der Waals surface area (Å²) in [5.74, 6) is 1.87. The lowest BCUT2D eigenvalue weighted by Gasteiger charge is -2.06. The topological polar surface area (TPSA) is 94.4 Å². The number of phenolic OH excluding ortho intramolecular Hbond substituents is 1. The van der Waals surface area contributed by atoms with E-state index in [2.05, 4.69) is 10.1 Å². The van der Waals surface area contributed by atoms with Gasteiger partial charge in [-0.25, -0.2) is 0 Å². The lowest BCUT2D eigenvalue weighted by molar-refractivity contribution is 0.185. The van der Waals surface area contributed by atoms with Gasteiger partial charge in [0.05, 0.1) is 6.04 Å². The molecule has 1 aliphatic heterocycles. The van der Waals surface area contributed by atoms with Gasteiger partial charge in [-0.3, -0.25) is 0 Å². The molecule has 2 aromatic rings. The number of benzene rings is 1. The molecule has 3 N–H and O–H groups in total. The van der Waals surface area contributed by atoms with Gasteiger partial charge in [-0.1, -0.05) is 17.3 Å². The molecule has 6 nitrogen and oxygen atoms in total. The van der Waals surface area contributed by atoms with Crippen LogP contribution in [0.5, 0.6) is 5.75 Å². The zero-order valence-corrected chi connectivity index (χ0v) is 11.7. The van der Waals surface area contributed by atoms with E-state index in [-0.39, 0.29) is 11.8 Å². The predicted molar refractivity (Wildman–Crippen MR) is 75.7 cm³/mol. The van der Waals surface area contributed by atoms with E-state index in [4.69, 9.17) is 15.0 Å². The fraction of sp³-hybridized carbons (Fsp3) is 0.467. The van der Waals surface area contributed by atoms with Gasteiger partial charge in [0, 0.05) is 19.6 Å². The molecule has 0 saturated carbocycles. The molecule has 1 aromatic carbocycles. The Labute approximate surface area is 122 Å². The van der Waals surface area contributed by atoms with Crippen molar-refractivity contribution in [2.24, 2.45) is 11.7 Å². The Morgan fingerprint density at radius 3 is 2.86 bits per heavy atom. The average molecular weight is 289 g/mol. The number of hydrogen-bond acceptors (Lipinski definition) is 6. The standard InChI is InChI=1S/C15H19N3O3/c16-13(7-10-1-3-12(19)4-2-10)15-17-14(18-21-15)8-11-5-6-20-9-11/h1-4,11,13,19H,5-9,16H2/t11?,13-/m1/s1. The number of nitrogens with two attached hydrogens (primary N) is 1. The Morgan fingerprint density at radius 2 is 2.14 bits per heavy atom. The number of aromatic nitrogens is 2. The minimum absolute atomic E-state index is 0.242. The number of aromatic hydroxyl groups is 1. The molecule has 1 aliphatic rings. The molecule has 0 aliphatic carbocycles. The van der Waals surface area contributed by atoms with Crippen molar-refractivity contribution in [3.05, 3.63) is 41.5 Å². The zero-order valence-electron chi connectivity index (χ0n) is 11.7. The van der Waals surface area contributed by atoms with E-state index >= 15 is 0 Å². The molecular weight excluding hydrogens is 270 g/mol. The van der Waals surface area contributed by atoms with Crippen LogP contribution in [0.2, 0.25) is 0 Å². The molecule has 0 bridgehead atoms. The van der Waals surface area contributed by atoms with E-state index in [9.17, 15) is 5.11 Å². The highest BCUT2D eigenvalue weighted by molar-refractivity contribution is 5.26. The fourth-order valence-electron chi connectivity index (χ4n) is 2.48. The maximum atomic E-state index is 9.26. The summed E-state index contributed by atoms with van der Waals surface area (Å²) in [5.41, 5.74) is 7.12. The second kappa shape index (κ2) is 6.24. The van der Waals surface area contributed by atoms with E-state index < -0.39 is 0 Å². The minimum atomic E-state index is -0.337. The Balaban J connectivity index is 1.60. The molecule has 112 valence electrons. The van der Waals surface area contributed by atoms with Crippen LogP contribution in [-0.4, -0.2) is 28.5 Å². The molecule has 1 fully saturated rings. The smallest absolute Gasteiger partial charge is 0.243 e. The Morgan fingerprint density at radius 1 is 1.33 bits per heavy atom. The molecule has 21 heavy (non-hydrogen) atoms. The maximum Gasteiger partial charge on any atom is 0.243 e. The van der Waals surface area contributed by atoms with Crippen molar-refractivity contribution in [2.45, 2.75) is 25.3 Å². The summed E-state index contributed by atoms with van der Waals surface area (Å²) in [6.07, 6.45) is 2.41. The zero-order chi connectivity index (χ0) is 14.7. The third-order valence-electron chi connectivity index (χ3n) is 3.69. The highest BCUT2D eigenvalue weighted by atomic mass is 16.5. The molecule has 1 saturated heterocycles. The number of ether oxygens (including phenoxy) is 1. The van der Waals surface area contributed by atoms with Gasteiger partial charge in [-0.15, -0.1) is 0 Å². The van der Waals surface area contributed by atoms with Crippen LogP contribution in [0.25, 0.3) is 0 Å². The largest absolute Gasteiger partial charge is 0.508 e. The van der Waals surface area contributed by atoms with E-state index in [1.54, 1.807) is 12.1 Å². The molecule has 0 amide bonds. The monoisotopic (exact) mass is 289 g/mol. The first-order chi connectivity index (χ1) is 10.2. The van der Waals surface area contributed by atoms with Crippen LogP contribution in [-0.2, 0) is 17.6 Å². The first-order valence-electron chi connectivity index (χ1n) is 7.14. The van der Waals surface area contributed by atoms with Gasteiger partial charge in [0.15, 0.2) is 5.82 Å². The van der Waals surface area contributed by atoms with Crippen molar-refractivity contribution in [1.82, 2.24) is 10.1 Å². The summed E-state index contributed by atoms with van der Waals surface area (Å²) in [6.45, 7) is 1.58. The summed E-state index contributed by atoms with van der Waals surface area (Å²) >= 11 is 0. The Hall–Kier alpha value is -1.92. The highest BCUT2D eigenvalue weighted by Gasteiger charge is 2.21.